The number of phenols is 1. The van der Waals surface area contributed by atoms with E-state index in [9.17, 15) is 25.3 Å². The van der Waals surface area contributed by atoms with E-state index in [1.807, 2.05) is 0 Å². The van der Waals surface area contributed by atoms with Crippen LogP contribution in [0.2, 0.25) is 0 Å². The van der Waals surface area contributed by atoms with Crippen molar-refractivity contribution < 1.29 is 15.0 Å². The highest BCUT2D eigenvalue weighted by Gasteiger charge is 2.16. The Kier molecular flexibility index (Phi) is 3.60. The highest BCUT2D eigenvalue weighted by molar-refractivity contribution is 5.48. The van der Waals surface area contributed by atoms with Crippen molar-refractivity contribution in [3.63, 3.8) is 0 Å². The molecule has 0 radical (unpaired) electrons. The Morgan fingerprint density at radius 1 is 0.850 bits per heavy atom. The second kappa shape index (κ2) is 5.35. The van der Waals surface area contributed by atoms with Gasteiger partial charge in [0, 0.05) is 12.1 Å². The number of nitrogens with zero attached hydrogens (tertiary/aromatic N) is 2. The first-order valence-electron chi connectivity index (χ1n) is 5.66. The van der Waals surface area contributed by atoms with Gasteiger partial charge in [-0.2, -0.15) is 0 Å². The minimum absolute atomic E-state index is 0.110. The minimum Gasteiger partial charge on any atom is -0.508 e. The number of phenolic OH excluding ortho intramolecular Hbond substituents is 1. The molecule has 0 aliphatic rings. The molecule has 102 valence electrons. The molecule has 0 heterocycles. The largest absolute Gasteiger partial charge is 0.508 e. The summed E-state index contributed by atoms with van der Waals surface area (Å²) >= 11 is 0. The lowest BCUT2D eigenvalue weighted by Gasteiger charge is -2.03. The summed E-state index contributed by atoms with van der Waals surface area (Å²) in [4.78, 5) is 20.2. The van der Waals surface area contributed by atoms with Gasteiger partial charge >= 0.3 is 0 Å². The fourth-order valence-corrected chi connectivity index (χ4v) is 1.82. The molecular formula is C13H10N2O5. The molecule has 2 aromatic rings. The van der Waals surface area contributed by atoms with Gasteiger partial charge in [-0.1, -0.05) is 12.1 Å². The van der Waals surface area contributed by atoms with Crippen LogP contribution in [0.5, 0.6) is 5.75 Å². The summed E-state index contributed by atoms with van der Waals surface area (Å²) in [7, 11) is 0. The summed E-state index contributed by atoms with van der Waals surface area (Å²) < 4.78 is 0. The van der Waals surface area contributed by atoms with Crippen LogP contribution >= 0.6 is 0 Å². The van der Waals surface area contributed by atoms with Gasteiger partial charge in [0.05, 0.1) is 15.9 Å². The molecular weight excluding hydrogens is 264 g/mol. The number of hydrogen-bond donors (Lipinski definition) is 1. The first kappa shape index (κ1) is 13.5. The quantitative estimate of drug-likeness (QED) is 0.681. The number of nitro benzene ring substituents is 2. The van der Waals surface area contributed by atoms with Gasteiger partial charge in [-0.3, -0.25) is 20.2 Å². The summed E-state index contributed by atoms with van der Waals surface area (Å²) in [5, 5.41) is 30.7. The summed E-state index contributed by atoms with van der Waals surface area (Å²) in [6.45, 7) is 0. The maximum Gasteiger partial charge on any atom is 0.276 e. The van der Waals surface area contributed by atoms with Crippen molar-refractivity contribution in [2.75, 3.05) is 0 Å². The van der Waals surface area contributed by atoms with E-state index in [1.54, 1.807) is 12.1 Å². The van der Waals surface area contributed by atoms with Crippen LogP contribution in [0.25, 0.3) is 0 Å². The molecule has 7 nitrogen and oxygen atoms in total. The van der Waals surface area contributed by atoms with Gasteiger partial charge in [-0.15, -0.1) is 0 Å². The summed E-state index contributed by atoms with van der Waals surface area (Å²) in [6, 6.07) is 9.82. The molecule has 0 fully saturated rings. The zero-order valence-electron chi connectivity index (χ0n) is 10.2. The molecule has 2 rings (SSSR count). The molecule has 20 heavy (non-hydrogen) atoms. The maximum atomic E-state index is 10.8. The van der Waals surface area contributed by atoms with Crippen molar-refractivity contribution in [1.29, 1.82) is 0 Å². The third kappa shape index (κ3) is 3.08. The predicted molar refractivity (Wildman–Crippen MR) is 70.7 cm³/mol. The van der Waals surface area contributed by atoms with E-state index in [4.69, 9.17) is 0 Å². The SMILES string of the molecule is O=[N+]([O-])c1cc(Cc2ccc(O)cc2)cc([N+](=O)[O-])c1. The monoisotopic (exact) mass is 274 g/mol. The average molecular weight is 274 g/mol. The molecule has 0 atom stereocenters. The summed E-state index contributed by atoms with van der Waals surface area (Å²) in [5.41, 5.74) is 0.634. The van der Waals surface area contributed by atoms with Crippen molar-refractivity contribution in [2.45, 2.75) is 6.42 Å². The van der Waals surface area contributed by atoms with Crippen molar-refractivity contribution >= 4 is 11.4 Å². The molecule has 1 N–H and O–H groups in total. The van der Waals surface area contributed by atoms with E-state index in [-0.39, 0.29) is 17.1 Å². The smallest absolute Gasteiger partial charge is 0.276 e. The second-order valence-corrected chi connectivity index (χ2v) is 4.22. The van der Waals surface area contributed by atoms with E-state index in [2.05, 4.69) is 0 Å². The van der Waals surface area contributed by atoms with E-state index in [1.165, 1.54) is 24.3 Å². The van der Waals surface area contributed by atoms with Crippen LogP contribution in [-0.4, -0.2) is 15.0 Å². The van der Waals surface area contributed by atoms with E-state index >= 15 is 0 Å². The first-order chi connectivity index (χ1) is 9.45. The molecule has 7 heteroatoms. The van der Waals surface area contributed by atoms with Crippen molar-refractivity contribution in [3.05, 3.63) is 73.8 Å². The molecule has 0 unspecified atom stereocenters. The molecule has 2 aromatic carbocycles. The number of nitro groups is 2. The van der Waals surface area contributed by atoms with E-state index in [0.29, 0.717) is 12.0 Å². The van der Waals surface area contributed by atoms with Crippen molar-refractivity contribution in [1.82, 2.24) is 0 Å². The van der Waals surface area contributed by atoms with Gasteiger partial charge in [0.15, 0.2) is 0 Å². The molecule has 0 aromatic heterocycles. The summed E-state index contributed by atoms with van der Waals surface area (Å²) in [5.74, 6) is 0.110. The number of aromatic hydroxyl groups is 1. The maximum absolute atomic E-state index is 10.8. The second-order valence-electron chi connectivity index (χ2n) is 4.22. The average Bonchev–Trinajstić information content (AvgIpc) is 2.41. The Morgan fingerprint density at radius 2 is 1.35 bits per heavy atom. The third-order valence-corrected chi connectivity index (χ3v) is 2.73. The molecule has 0 aliphatic carbocycles. The number of hydrogen-bond acceptors (Lipinski definition) is 5. The molecule has 0 amide bonds. The van der Waals surface area contributed by atoms with Crippen molar-refractivity contribution in [3.8, 4) is 5.75 Å². The molecule has 0 aliphatic heterocycles. The van der Waals surface area contributed by atoms with Gasteiger partial charge in [0.25, 0.3) is 11.4 Å². The minimum atomic E-state index is -0.659. The molecule has 0 saturated heterocycles. The van der Waals surface area contributed by atoms with Crippen LogP contribution in [0.4, 0.5) is 11.4 Å². The topological polar surface area (TPSA) is 107 Å². The summed E-state index contributed by atoms with van der Waals surface area (Å²) in [6.07, 6.45) is 0.308. The number of rotatable bonds is 4. The highest BCUT2D eigenvalue weighted by atomic mass is 16.6. The highest BCUT2D eigenvalue weighted by Crippen LogP contribution is 2.24. The molecule has 0 saturated carbocycles. The lowest BCUT2D eigenvalue weighted by molar-refractivity contribution is -0.394. The molecule has 0 bridgehead atoms. The van der Waals surface area contributed by atoms with Gasteiger partial charge in [-0.25, -0.2) is 0 Å². The Labute approximate surface area is 113 Å². The molecule has 0 spiro atoms. The van der Waals surface area contributed by atoms with Gasteiger partial charge < -0.3 is 5.11 Å². The fourth-order valence-electron chi connectivity index (χ4n) is 1.82. The number of non-ortho nitro benzene ring substituents is 2. The Bertz CT molecular complexity index is 635. The Balaban J connectivity index is 2.37. The van der Waals surface area contributed by atoms with E-state index in [0.717, 1.165) is 11.6 Å². The van der Waals surface area contributed by atoms with Crippen LogP contribution < -0.4 is 0 Å². The van der Waals surface area contributed by atoms with E-state index < -0.39 is 9.85 Å². The van der Waals surface area contributed by atoms with Gasteiger partial charge in [0.2, 0.25) is 0 Å². The lowest BCUT2D eigenvalue weighted by atomic mass is 10.0. The first-order valence-corrected chi connectivity index (χ1v) is 5.66. The predicted octanol–water partition coefficient (Wildman–Crippen LogP) is 2.80. The van der Waals surface area contributed by atoms with Crippen LogP contribution in [-0.2, 0) is 6.42 Å². The Morgan fingerprint density at radius 3 is 1.80 bits per heavy atom. The fraction of sp³-hybridized carbons (Fsp3) is 0.0769. The van der Waals surface area contributed by atoms with Crippen LogP contribution in [0, 0.1) is 20.2 Å². The lowest BCUT2D eigenvalue weighted by Crippen LogP contribution is -1.96. The van der Waals surface area contributed by atoms with Crippen LogP contribution in [0.3, 0.4) is 0 Å². The number of benzene rings is 2. The Hall–Kier alpha value is -2.96. The zero-order valence-corrected chi connectivity index (χ0v) is 10.2. The van der Waals surface area contributed by atoms with Gasteiger partial charge in [-0.05, 0) is 29.7 Å². The third-order valence-electron chi connectivity index (χ3n) is 2.73. The van der Waals surface area contributed by atoms with Crippen LogP contribution in [0.1, 0.15) is 11.1 Å². The standard InChI is InChI=1S/C13H10N2O5/c16-13-3-1-9(2-4-13)5-10-6-11(14(17)18)8-12(7-10)15(19)20/h1-4,6-8,16H,5H2. The normalized spacial score (nSPS) is 10.2. The van der Waals surface area contributed by atoms with Crippen molar-refractivity contribution in [2.24, 2.45) is 0 Å². The van der Waals surface area contributed by atoms with Crippen LogP contribution in [0.15, 0.2) is 42.5 Å². The zero-order chi connectivity index (χ0) is 14.7. The van der Waals surface area contributed by atoms with Gasteiger partial charge in [0.1, 0.15) is 5.75 Å².